The molecule has 2 saturated heterocycles. The Morgan fingerprint density at radius 3 is 1.00 bits per heavy atom. The van der Waals surface area contributed by atoms with Crippen molar-refractivity contribution >= 4 is 113 Å². The topological polar surface area (TPSA) is 36.9 Å². The van der Waals surface area contributed by atoms with Gasteiger partial charge >= 0.3 is 35.0 Å². The van der Waals surface area contributed by atoms with Crippen LogP contribution < -0.4 is 31.8 Å². The Labute approximate surface area is 662 Å². The van der Waals surface area contributed by atoms with Crippen molar-refractivity contribution in [1.29, 1.82) is 0 Å². The first-order chi connectivity index (χ1) is 48.5. The molecule has 0 N–H and O–H groups in total. The number of rotatable bonds is 6. The van der Waals surface area contributed by atoms with E-state index in [2.05, 4.69) is 319 Å². The molecule has 6 fully saturated rings. The normalized spacial score (nSPS) is 25.2. The van der Waals surface area contributed by atoms with Crippen LogP contribution in [0.1, 0.15) is 144 Å². The van der Waals surface area contributed by atoms with Gasteiger partial charge in [0.15, 0.2) is 11.6 Å². The van der Waals surface area contributed by atoms with Gasteiger partial charge in [0.05, 0.1) is 37.3 Å². The van der Waals surface area contributed by atoms with Crippen molar-refractivity contribution in [3.8, 4) is 24.2 Å². The van der Waals surface area contributed by atoms with E-state index in [9.17, 15) is 0 Å². The first-order valence-corrected chi connectivity index (χ1v) is 43.8. The molecule has 0 bridgehead atoms. The molecule has 16 rings (SSSR count). The zero-order chi connectivity index (χ0) is 70.2. The molecule has 6 aliphatic carbocycles. The van der Waals surface area contributed by atoms with Crippen molar-refractivity contribution in [3.63, 3.8) is 0 Å². The molecule has 540 valence electrons. The number of allylic oxidation sites excluding steroid dienone is 4. The molecule has 2 aliphatic heterocycles. The minimum Gasteiger partial charge on any atom is -0.0622 e. The smallest absolute Gasteiger partial charge is 0.0134 e. The summed E-state index contributed by atoms with van der Waals surface area (Å²) in [6.45, 7) is 17.5. The summed E-state index contributed by atoms with van der Waals surface area (Å²) in [5, 5.41) is 8.39. The Morgan fingerprint density at radius 1 is 0.412 bits per heavy atom. The molecule has 11 heteroatoms. The van der Waals surface area contributed by atoms with Crippen LogP contribution in [0.2, 0.25) is 0 Å². The van der Waals surface area contributed by atoms with E-state index in [1.807, 2.05) is 18.2 Å². The van der Waals surface area contributed by atoms with Gasteiger partial charge in [0.1, 0.15) is 0 Å². The number of benzene rings is 8. The van der Waals surface area contributed by atoms with Gasteiger partial charge in [-0.1, -0.05) is 297 Å². The molecule has 102 heavy (non-hydrogen) atoms. The summed E-state index contributed by atoms with van der Waals surface area (Å²) < 4.78 is 26.3. The van der Waals surface area contributed by atoms with Crippen LogP contribution in [0.5, 0.6) is 0 Å². The average Bonchev–Trinajstić information content (AvgIpc) is 0.814. The summed E-state index contributed by atoms with van der Waals surface area (Å²) >= 11 is 2.17. The van der Waals surface area contributed by atoms with Crippen molar-refractivity contribution in [1.82, 2.24) is 0 Å². The number of hydrogen-bond acceptors (Lipinski definition) is 4. The van der Waals surface area contributed by atoms with Crippen molar-refractivity contribution in [2.24, 2.45) is 44.3 Å². The SMILES string of the molecule is C.C#C[C@]12CCCC=C1[C@@]1(C)CCC3(OCCO3)C(C)(C)[C@@H]1CC2.CC1(C)[C@@H]2CC[C@@]3(C#Cc4ccccc4)CCCC=C3[C@@]2(C)CCC12OCCO2.I.Ic1ccccc1.[Cl][Pd][Cl].c1ccc(P(c2ccccc2)c2ccccc2)cc1.c1ccc(P(c2ccccc2)c2ccccc2)cc1. The molecule has 0 amide bonds. The van der Waals surface area contributed by atoms with E-state index >= 15 is 0 Å². The molecule has 8 aliphatic rings. The largest absolute Gasteiger partial charge is 0.0622 e. The van der Waals surface area contributed by atoms with E-state index in [0.717, 1.165) is 64.1 Å². The van der Waals surface area contributed by atoms with Crippen molar-refractivity contribution in [2.45, 2.75) is 150 Å². The van der Waals surface area contributed by atoms with Crippen LogP contribution in [0.4, 0.5) is 0 Å². The summed E-state index contributed by atoms with van der Waals surface area (Å²) in [6.07, 6.45) is 27.4. The Hall–Kier alpha value is -4.24. The minimum atomic E-state index is -0.446. The first-order valence-electron chi connectivity index (χ1n) is 36.0. The maximum absolute atomic E-state index is 6.29. The third-order valence-electron chi connectivity index (χ3n) is 23.3. The third kappa shape index (κ3) is 18.0. The van der Waals surface area contributed by atoms with Crippen LogP contribution in [0, 0.1) is 72.1 Å². The standard InChI is InChI=1S/C27H34O2.C21H30O2.2C18H15P.C6H5I.CH4.2ClH.HI.Pd/c1-24(2)22-13-16-26(15-12-21-9-5-4-6-10-21)14-8-7-11-23(26)25(22,3)17-18-27(24)28-19-20-29-27;1-5-20-10-7-6-8-17(20)19(4)12-13-21(22-14-15-23-21)18(2,3)16(19)9-11-20;2*1-4-10-16(11-5-1)19(17-12-6-2-7-13-17)18-14-8-3-9-15-18;7-6-4-2-1-3-5-6;;;;;/h4-6,9-11,22H,7-8,13-14,16-20H2,1-3H3;1,8,16H,6-7,9-15H2,2-4H3;2*1-15H;1-5H;1H4;3*1H;/q;;;;;;;;;+2/p-2/t22-,25-,26-;16-,19-,20+;;;;;;;;/m00......../s1. The Bertz CT molecular complexity index is 3730. The van der Waals surface area contributed by atoms with E-state index in [0.29, 0.717) is 11.8 Å². The maximum Gasteiger partial charge on any atom is -0.0134 e. The monoisotopic (exact) mass is 1750 g/mol. The van der Waals surface area contributed by atoms with E-state index in [-0.39, 0.29) is 91.4 Å². The van der Waals surface area contributed by atoms with Gasteiger partial charge in [-0.2, -0.15) is 0 Å². The summed E-state index contributed by atoms with van der Waals surface area (Å²) in [6, 6.07) is 85.4. The van der Waals surface area contributed by atoms with Crippen LogP contribution in [-0.4, -0.2) is 38.0 Å². The molecular formula is C91H104Cl2I2O4P2Pd. The fourth-order valence-electron chi connectivity index (χ4n) is 18.6. The molecule has 4 nitrogen and oxygen atoms in total. The van der Waals surface area contributed by atoms with Crippen LogP contribution >= 0.6 is 81.5 Å². The third-order valence-corrected chi connectivity index (χ3v) is 28.9. The molecular weight excluding hydrogens is 1650 g/mol. The fourth-order valence-corrected chi connectivity index (χ4v) is 23.7. The van der Waals surface area contributed by atoms with Crippen molar-refractivity contribution < 1.29 is 34.9 Å². The van der Waals surface area contributed by atoms with Crippen molar-refractivity contribution in [3.05, 3.63) is 275 Å². The first kappa shape index (κ1) is 81.8. The Kier molecular flexibility index (Phi) is 30.1. The minimum absolute atomic E-state index is 0. The van der Waals surface area contributed by atoms with Crippen molar-refractivity contribution in [2.75, 3.05) is 26.4 Å². The molecule has 4 saturated carbocycles. The summed E-state index contributed by atoms with van der Waals surface area (Å²) in [5.74, 6) is 11.0. The number of halogens is 4. The molecule has 0 aromatic heterocycles. The van der Waals surface area contributed by atoms with Crippen LogP contribution in [0.25, 0.3) is 0 Å². The molecule has 2 spiro atoms. The molecule has 8 aromatic carbocycles. The van der Waals surface area contributed by atoms with E-state index in [1.165, 1.54) is 93.2 Å². The number of fused-ring (bicyclic) bond motifs is 6. The quantitative estimate of drug-likeness (QED) is 0.0547. The molecule has 6 atom stereocenters. The summed E-state index contributed by atoms with van der Waals surface area (Å²) in [4.78, 5) is 0. The van der Waals surface area contributed by atoms with Gasteiger partial charge in [-0.05, 0) is 205 Å². The van der Waals surface area contributed by atoms with Gasteiger partial charge in [0.2, 0.25) is 0 Å². The molecule has 0 unspecified atom stereocenters. The van der Waals surface area contributed by atoms with Gasteiger partial charge in [0.25, 0.3) is 0 Å². The van der Waals surface area contributed by atoms with Gasteiger partial charge in [-0.25, -0.2) is 0 Å². The number of ether oxygens (including phenoxy) is 4. The van der Waals surface area contributed by atoms with Gasteiger partial charge < -0.3 is 18.9 Å². The molecule has 2 heterocycles. The van der Waals surface area contributed by atoms with E-state index < -0.39 is 15.8 Å². The molecule has 8 aromatic rings. The second-order valence-electron chi connectivity index (χ2n) is 29.3. The zero-order valence-electron chi connectivity index (χ0n) is 59.6. The predicted molar refractivity (Wildman–Crippen MR) is 451 cm³/mol. The average molecular weight is 1750 g/mol. The van der Waals surface area contributed by atoms with Crippen LogP contribution in [0.3, 0.4) is 0 Å². The Balaban J connectivity index is 0.000000152. The number of terminal acetylenes is 1. The second-order valence-corrected chi connectivity index (χ2v) is 37.4. The second kappa shape index (κ2) is 37.5. The van der Waals surface area contributed by atoms with Crippen LogP contribution in [0.15, 0.2) is 266 Å². The van der Waals surface area contributed by atoms with Gasteiger partial charge in [-0.15, -0.1) is 30.4 Å². The molecule has 0 radical (unpaired) electrons. The summed E-state index contributed by atoms with van der Waals surface area (Å²) in [7, 11) is 8.74. The number of hydrogen-bond donors (Lipinski definition) is 0. The summed E-state index contributed by atoms with van der Waals surface area (Å²) in [5.41, 5.74) is 4.85. The van der Waals surface area contributed by atoms with Gasteiger partial charge in [0, 0.05) is 32.8 Å². The maximum atomic E-state index is 6.29. The van der Waals surface area contributed by atoms with E-state index in [1.54, 1.807) is 11.1 Å². The van der Waals surface area contributed by atoms with Crippen LogP contribution in [-0.2, 0) is 34.9 Å². The predicted octanol–water partition coefficient (Wildman–Crippen LogP) is 22.6. The van der Waals surface area contributed by atoms with Gasteiger partial charge in [-0.3, -0.25) is 0 Å². The zero-order valence-corrected chi connectivity index (χ0v) is 68.9. The van der Waals surface area contributed by atoms with E-state index in [4.69, 9.17) is 44.4 Å². The Morgan fingerprint density at radius 2 is 0.696 bits per heavy atom. The fraction of sp³-hybridized carbons (Fsp3) is 0.385.